The van der Waals surface area contributed by atoms with Crippen LogP contribution in [-0.2, 0) is 0 Å². The van der Waals surface area contributed by atoms with E-state index in [1.165, 1.54) is 5.56 Å². The quantitative estimate of drug-likeness (QED) is 0.783. The van der Waals surface area contributed by atoms with E-state index in [0.717, 1.165) is 44.1 Å². The predicted octanol–water partition coefficient (Wildman–Crippen LogP) is 2.62. The van der Waals surface area contributed by atoms with Gasteiger partial charge in [0.15, 0.2) is 11.5 Å². The summed E-state index contributed by atoms with van der Waals surface area (Å²) in [7, 11) is 1.69. The number of benzene rings is 1. The van der Waals surface area contributed by atoms with Crippen molar-refractivity contribution in [1.29, 1.82) is 0 Å². The van der Waals surface area contributed by atoms with Gasteiger partial charge < -0.3 is 14.8 Å². The predicted molar refractivity (Wildman–Crippen MR) is 86.2 cm³/mol. The second-order valence-corrected chi connectivity index (χ2v) is 5.17. The van der Waals surface area contributed by atoms with E-state index >= 15 is 0 Å². The lowest BCUT2D eigenvalue weighted by Crippen LogP contribution is -2.45. The number of rotatable bonds is 7. The smallest absolute Gasteiger partial charge is 0.161 e. The van der Waals surface area contributed by atoms with Crippen molar-refractivity contribution in [3.05, 3.63) is 36.4 Å². The van der Waals surface area contributed by atoms with Crippen molar-refractivity contribution >= 4 is 0 Å². The molecule has 0 amide bonds. The van der Waals surface area contributed by atoms with E-state index in [2.05, 4.69) is 28.9 Å². The molecular weight excluding hydrogens is 264 g/mol. The van der Waals surface area contributed by atoms with Gasteiger partial charge in [-0.3, -0.25) is 4.90 Å². The molecule has 1 atom stereocenters. The molecule has 4 heteroatoms. The Bertz CT molecular complexity index is 456. The standard InChI is InChI=1S/C17H26N2O2/c1-4-6-15(19-11-9-18-10-12-19)14-7-8-16(21-5-2)17(13-14)20-3/h4,7-8,13,15,18H,1,5-6,9-12H2,2-3H3/t15-/m0/s1. The zero-order chi connectivity index (χ0) is 15.1. The molecule has 0 spiro atoms. The zero-order valence-electron chi connectivity index (χ0n) is 13.1. The Morgan fingerprint density at radius 2 is 2.10 bits per heavy atom. The third kappa shape index (κ3) is 3.99. The van der Waals surface area contributed by atoms with Gasteiger partial charge in [-0.05, 0) is 31.0 Å². The Morgan fingerprint density at radius 1 is 1.33 bits per heavy atom. The molecule has 21 heavy (non-hydrogen) atoms. The lowest BCUT2D eigenvalue weighted by Gasteiger charge is -2.35. The topological polar surface area (TPSA) is 33.7 Å². The van der Waals surface area contributed by atoms with Crippen molar-refractivity contribution in [2.45, 2.75) is 19.4 Å². The minimum absolute atomic E-state index is 0.356. The second kappa shape index (κ2) is 8.05. The summed E-state index contributed by atoms with van der Waals surface area (Å²) in [5, 5.41) is 3.40. The third-order valence-electron chi connectivity index (χ3n) is 3.85. The van der Waals surface area contributed by atoms with Crippen molar-refractivity contribution < 1.29 is 9.47 Å². The molecule has 1 aromatic carbocycles. The van der Waals surface area contributed by atoms with Crippen LogP contribution in [-0.4, -0.2) is 44.8 Å². The van der Waals surface area contributed by atoms with Crippen LogP contribution in [0.1, 0.15) is 24.9 Å². The number of methoxy groups -OCH3 is 1. The Hall–Kier alpha value is -1.52. The Labute approximate surface area is 127 Å². The summed E-state index contributed by atoms with van der Waals surface area (Å²) in [6.45, 7) is 10.7. The summed E-state index contributed by atoms with van der Waals surface area (Å²) in [6, 6.07) is 6.61. The second-order valence-electron chi connectivity index (χ2n) is 5.17. The average molecular weight is 290 g/mol. The van der Waals surface area contributed by atoms with E-state index in [1.54, 1.807) is 7.11 Å². The first-order chi connectivity index (χ1) is 10.3. The first-order valence-corrected chi connectivity index (χ1v) is 7.66. The summed E-state index contributed by atoms with van der Waals surface area (Å²) in [5.41, 5.74) is 1.26. The lowest BCUT2D eigenvalue weighted by molar-refractivity contribution is 0.174. The number of nitrogens with zero attached hydrogens (tertiary/aromatic N) is 1. The molecule has 0 aliphatic carbocycles. The number of piperazine rings is 1. The molecular formula is C17H26N2O2. The fourth-order valence-electron chi connectivity index (χ4n) is 2.81. The van der Waals surface area contributed by atoms with Crippen molar-refractivity contribution in [1.82, 2.24) is 10.2 Å². The first-order valence-electron chi connectivity index (χ1n) is 7.66. The van der Waals surface area contributed by atoms with Gasteiger partial charge in [0, 0.05) is 32.2 Å². The number of nitrogens with one attached hydrogen (secondary N) is 1. The van der Waals surface area contributed by atoms with Gasteiger partial charge in [-0.15, -0.1) is 6.58 Å². The lowest BCUT2D eigenvalue weighted by atomic mass is 10.0. The van der Waals surface area contributed by atoms with Gasteiger partial charge in [0.25, 0.3) is 0 Å². The molecule has 1 N–H and O–H groups in total. The molecule has 1 saturated heterocycles. The molecule has 116 valence electrons. The van der Waals surface area contributed by atoms with Crippen molar-refractivity contribution in [2.24, 2.45) is 0 Å². The minimum Gasteiger partial charge on any atom is -0.493 e. The van der Waals surface area contributed by atoms with Gasteiger partial charge in [-0.1, -0.05) is 12.1 Å². The average Bonchev–Trinajstić information content (AvgIpc) is 2.54. The van der Waals surface area contributed by atoms with Gasteiger partial charge in [0.05, 0.1) is 13.7 Å². The van der Waals surface area contributed by atoms with Gasteiger partial charge in [-0.25, -0.2) is 0 Å². The molecule has 1 heterocycles. The van der Waals surface area contributed by atoms with Crippen molar-refractivity contribution in [3.63, 3.8) is 0 Å². The molecule has 1 aromatic rings. The van der Waals surface area contributed by atoms with Crippen LogP contribution in [0.3, 0.4) is 0 Å². The molecule has 1 fully saturated rings. The van der Waals surface area contributed by atoms with Gasteiger partial charge >= 0.3 is 0 Å². The SMILES string of the molecule is C=CC[C@@H](c1ccc(OCC)c(OC)c1)N1CCNCC1. The first kappa shape index (κ1) is 15.9. The minimum atomic E-state index is 0.356. The largest absolute Gasteiger partial charge is 0.493 e. The molecule has 1 aliphatic heterocycles. The van der Waals surface area contributed by atoms with Crippen LogP contribution in [0, 0.1) is 0 Å². The van der Waals surface area contributed by atoms with Crippen molar-refractivity contribution in [3.8, 4) is 11.5 Å². The number of hydrogen-bond donors (Lipinski definition) is 1. The number of hydrogen-bond acceptors (Lipinski definition) is 4. The van der Waals surface area contributed by atoms with Crippen LogP contribution in [0.2, 0.25) is 0 Å². The summed E-state index contributed by atoms with van der Waals surface area (Å²) in [6.07, 6.45) is 2.94. The maximum atomic E-state index is 5.60. The molecule has 4 nitrogen and oxygen atoms in total. The molecule has 0 radical (unpaired) electrons. The van der Waals surface area contributed by atoms with E-state index in [9.17, 15) is 0 Å². The van der Waals surface area contributed by atoms with Crippen LogP contribution < -0.4 is 14.8 Å². The highest BCUT2D eigenvalue weighted by Gasteiger charge is 2.22. The molecule has 0 aromatic heterocycles. The summed E-state index contributed by atoms with van der Waals surface area (Å²) < 4.78 is 11.1. The van der Waals surface area contributed by atoms with Crippen LogP contribution in [0.5, 0.6) is 11.5 Å². The van der Waals surface area contributed by atoms with E-state index in [4.69, 9.17) is 9.47 Å². The summed E-state index contributed by atoms with van der Waals surface area (Å²) >= 11 is 0. The molecule has 0 saturated carbocycles. The van der Waals surface area contributed by atoms with Gasteiger partial charge in [-0.2, -0.15) is 0 Å². The number of ether oxygens (including phenoxy) is 2. The van der Waals surface area contributed by atoms with Crippen LogP contribution in [0.25, 0.3) is 0 Å². The normalized spacial score (nSPS) is 17.2. The fraction of sp³-hybridized carbons (Fsp3) is 0.529. The zero-order valence-corrected chi connectivity index (χ0v) is 13.1. The maximum Gasteiger partial charge on any atom is 0.161 e. The third-order valence-corrected chi connectivity index (χ3v) is 3.85. The van der Waals surface area contributed by atoms with Gasteiger partial charge in [0.1, 0.15) is 0 Å². The van der Waals surface area contributed by atoms with E-state index in [0.29, 0.717) is 12.6 Å². The monoisotopic (exact) mass is 290 g/mol. The molecule has 0 unspecified atom stereocenters. The summed E-state index contributed by atoms with van der Waals surface area (Å²) in [5.74, 6) is 1.61. The molecule has 0 bridgehead atoms. The van der Waals surface area contributed by atoms with E-state index in [-0.39, 0.29) is 0 Å². The van der Waals surface area contributed by atoms with Crippen LogP contribution in [0.15, 0.2) is 30.9 Å². The van der Waals surface area contributed by atoms with Gasteiger partial charge in [0.2, 0.25) is 0 Å². The fourth-order valence-corrected chi connectivity index (χ4v) is 2.81. The Kier molecular flexibility index (Phi) is 6.08. The maximum absolute atomic E-state index is 5.60. The van der Waals surface area contributed by atoms with Crippen LogP contribution in [0.4, 0.5) is 0 Å². The van der Waals surface area contributed by atoms with Crippen LogP contribution >= 0.6 is 0 Å². The molecule has 1 aliphatic rings. The highest BCUT2D eigenvalue weighted by molar-refractivity contribution is 5.44. The van der Waals surface area contributed by atoms with Crippen molar-refractivity contribution in [2.75, 3.05) is 39.9 Å². The molecule has 2 rings (SSSR count). The van der Waals surface area contributed by atoms with E-state index < -0.39 is 0 Å². The summed E-state index contributed by atoms with van der Waals surface area (Å²) in [4.78, 5) is 2.51. The Morgan fingerprint density at radius 3 is 2.71 bits per heavy atom. The Balaban J connectivity index is 2.24. The highest BCUT2D eigenvalue weighted by Crippen LogP contribution is 2.33. The van der Waals surface area contributed by atoms with E-state index in [1.807, 2.05) is 19.1 Å². The highest BCUT2D eigenvalue weighted by atomic mass is 16.5.